The summed E-state index contributed by atoms with van der Waals surface area (Å²) in [6, 6.07) is 0. The van der Waals surface area contributed by atoms with E-state index in [1.165, 1.54) is 0 Å². The number of halogens is 3. The Morgan fingerprint density at radius 3 is 1.00 bits per heavy atom. The molecule has 54 heavy (non-hydrogen) atoms. The van der Waals surface area contributed by atoms with Crippen molar-refractivity contribution in [2.75, 3.05) is 58.0 Å². The number of nitriles is 3. The van der Waals surface area contributed by atoms with E-state index in [1.807, 2.05) is 20.8 Å². The van der Waals surface area contributed by atoms with Crippen molar-refractivity contribution in [3.05, 3.63) is 53.1 Å². The van der Waals surface area contributed by atoms with Crippen LogP contribution in [0, 0.1) is 55.1 Å². The molecule has 0 unspecified atom stereocenters. The quantitative estimate of drug-likeness (QED) is 0.0460. The van der Waals surface area contributed by atoms with Gasteiger partial charge in [-0.25, -0.2) is 15.0 Å². The maximum absolute atomic E-state index is 8.39. The van der Waals surface area contributed by atoms with Crippen LogP contribution in [0.15, 0.2) is 34.0 Å². The van der Waals surface area contributed by atoms with E-state index in [9.17, 15) is 0 Å². The zero-order valence-electron chi connectivity index (χ0n) is 31.1. The molecule has 0 amide bonds. The second kappa shape index (κ2) is 35.8. The largest absolute Gasteiger partial charge is 0.359 e. The highest BCUT2D eigenvalue weighted by atomic mass is 35.5. The Hall–Kier alpha value is -4.17. The predicted molar refractivity (Wildman–Crippen MR) is 231 cm³/mol. The van der Waals surface area contributed by atoms with Crippen LogP contribution in [-0.4, -0.2) is 106 Å². The van der Waals surface area contributed by atoms with Crippen LogP contribution in [0.4, 0.5) is 0 Å². The highest BCUT2D eigenvalue weighted by Crippen LogP contribution is 2.13. The lowest BCUT2D eigenvalue weighted by Crippen LogP contribution is -2.35. The Bertz CT molecular complexity index is 1420. The van der Waals surface area contributed by atoms with Crippen LogP contribution in [0.3, 0.4) is 0 Å². The summed E-state index contributed by atoms with van der Waals surface area (Å²) in [6.07, 6.45) is 10.3. The molecule has 24 heteroatoms. The molecule has 3 aromatic rings. The minimum atomic E-state index is 0. The second-order valence-electron chi connectivity index (χ2n) is 9.79. The standard InChI is InChI=1S/3C10H16N6S.3ClH/c3*1-8-9(16-7-15-8)5-17-4-3-13-10(12-2)14-6-11;;;/h3*7H,3-5H2,1-2H3,(H,15,16)(H2,12,13,14);3*1H. The minimum absolute atomic E-state index is 0. The number of hydrogen-bond acceptors (Lipinski definition) is 12. The van der Waals surface area contributed by atoms with E-state index in [-0.39, 0.29) is 37.2 Å². The van der Waals surface area contributed by atoms with Crippen molar-refractivity contribution >= 4 is 90.4 Å². The summed E-state index contributed by atoms with van der Waals surface area (Å²) in [4.78, 5) is 32.5. The van der Waals surface area contributed by atoms with Gasteiger partial charge in [-0.3, -0.25) is 0 Å². The molecule has 9 N–H and O–H groups in total. The number of imidazole rings is 3. The Morgan fingerprint density at radius 1 is 0.556 bits per heavy atom. The summed E-state index contributed by atoms with van der Waals surface area (Å²) in [6.45, 7) is 8.32. The molecular formula is C30H51Cl3N18S3. The maximum atomic E-state index is 8.39. The summed E-state index contributed by atoms with van der Waals surface area (Å²) >= 11 is 5.36. The van der Waals surface area contributed by atoms with E-state index in [4.69, 9.17) is 15.8 Å². The van der Waals surface area contributed by atoms with Gasteiger partial charge in [-0.1, -0.05) is 0 Å². The van der Waals surface area contributed by atoms with E-state index in [1.54, 1.807) is 94.0 Å². The Morgan fingerprint density at radius 2 is 0.815 bits per heavy atom. The van der Waals surface area contributed by atoms with Crippen LogP contribution in [0.25, 0.3) is 0 Å². The lowest BCUT2D eigenvalue weighted by molar-refractivity contribution is 0.917. The molecule has 0 spiro atoms. The highest BCUT2D eigenvalue weighted by Gasteiger charge is 2.03. The number of aromatic nitrogens is 6. The van der Waals surface area contributed by atoms with E-state index in [0.717, 1.165) is 88.3 Å². The van der Waals surface area contributed by atoms with Crippen LogP contribution < -0.4 is 31.9 Å². The molecule has 0 aromatic carbocycles. The zero-order chi connectivity index (χ0) is 37.5. The van der Waals surface area contributed by atoms with Gasteiger partial charge in [-0.15, -0.1) is 52.2 Å². The lowest BCUT2D eigenvalue weighted by Gasteiger charge is -2.06. The number of aliphatic imine (C=N–C) groups is 3. The first-order valence-corrected chi connectivity index (χ1v) is 19.1. The van der Waals surface area contributed by atoms with Crippen molar-refractivity contribution in [3.63, 3.8) is 0 Å². The predicted octanol–water partition coefficient (Wildman–Crippen LogP) is 3.06. The number of rotatable bonds is 15. The summed E-state index contributed by atoms with van der Waals surface area (Å²) in [5, 5.41) is 42.7. The fourth-order valence-electron chi connectivity index (χ4n) is 3.53. The van der Waals surface area contributed by atoms with Crippen molar-refractivity contribution in [3.8, 4) is 18.6 Å². The fraction of sp³-hybridized carbons (Fsp3) is 0.500. The van der Waals surface area contributed by atoms with Gasteiger partial charge in [-0.05, 0) is 20.8 Å². The van der Waals surface area contributed by atoms with Gasteiger partial charge < -0.3 is 46.9 Å². The number of H-pyrrole nitrogens is 3. The van der Waals surface area contributed by atoms with E-state index < -0.39 is 0 Å². The molecule has 0 bridgehead atoms. The van der Waals surface area contributed by atoms with Crippen molar-refractivity contribution < 1.29 is 0 Å². The molecule has 0 aliphatic carbocycles. The van der Waals surface area contributed by atoms with Gasteiger partial charge in [0.1, 0.15) is 0 Å². The van der Waals surface area contributed by atoms with Crippen LogP contribution in [0.2, 0.25) is 0 Å². The molecule has 18 nitrogen and oxygen atoms in total. The Kier molecular flexibility index (Phi) is 36.0. The monoisotopic (exact) mass is 864 g/mol. The second-order valence-corrected chi connectivity index (χ2v) is 13.1. The molecule has 3 heterocycles. The van der Waals surface area contributed by atoms with Gasteiger partial charge >= 0.3 is 0 Å². The Labute approximate surface area is 348 Å². The minimum Gasteiger partial charge on any atom is -0.359 e. The molecule has 0 atom stereocenters. The smallest absolute Gasteiger partial charge is 0.209 e. The molecule has 0 saturated carbocycles. The van der Waals surface area contributed by atoms with Crippen LogP contribution in [0.5, 0.6) is 0 Å². The summed E-state index contributed by atoms with van der Waals surface area (Å²) in [5.41, 5.74) is 6.63. The van der Waals surface area contributed by atoms with Gasteiger partial charge in [-0.2, -0.15) is 51.1 Å². The van der Waals surface area contributed by atoms with Crippen LogP contribution in [-0.2, 0) is 17.3 Å². The number of hydrogen-bond donors (Lipinski definition) is 9. The average molecular weight is 866 g/mol. The summed E-state index contributed by atoms with van der Waals surface area (Å²) in [5.74, 6) is 6.97. The van der Waals surface area contributed by atoms with Crippen LogP contribution in [0.1, 0.15) is 34.2 Å². The topological polar surface area (TPSA) is 267 Å². The third kappa shape index (κ3) is 25.0. The van der Waals surface area contributed by atoms with Crippen molar-refractivity contribution in [2.45, 2.75) is 38.0 Å². The molecule has 0 saturated heterocycles. The van der Waals surface area contributed by atoms with Gasteiger partial charge in [0.15, 0.2) is 0 Å². The first-order chi connectivity index (χ1) is 24.8. The van der Waals surface area contributed by atoms with Gasteiger partial charge in [0.25, 0.3) is 0 Å². The fourth-order valence-corrected chi connectivity index (χ4v) is 6.16. The third-order valence-electron chi connectivity index (χ3n) is 6.33. The normalized spacial score (nSPS) is 10.4. The molecule has 0 aliphatic rings. The summed E-state index contributed by atoms with van der Waals surface area (Å²) < 4.78 is 0. The number of aromatic amines is 3. The number of nitrogens with zero attached hydrogens (tertiary/aromatic N) is 9. The SMILES string of the molecule is CN/C(=N/C#N)NCCSCc1nc[nH]c1C.CN/C(=N/C#N)NCCSCc1nc[nH]c1C.CN/C(=N/C#N)NCCSCc1nc[nH]c1C.Cl.Cl.Cl. The molecular weight excluding hydrogens is 815 g/mol. The third-order valence-corrected chi connectivity index (χ3v) is 9.24. The Balaban J connectivity index is -0.000000703. The molecule has 300 valence electrons. The number of guanidine groups is 3. The first-order valence-electron chi connectivity index (χ1n) is 15.7. The summed E-state index contributed by atoms with van der Waals surface area (Å²) in [7, 11) is 5.18. The highest BCUT2D eigenvalue weighted by molar-refractivity contribution is 7.98. The van der Waals surface area contributed by atoms with E-state index in [0.29, 0.717) is 17.9 Å². The number of thioether (sulfide) groups is 3. The molecule has 0 fully saturated rings. The van der Waals surface area contributed by atoms with Gasteiger partial charge in [0, 0.05) is 92.4 Å². The van der Waals surface area contributed by atoms with E-state index in [2.05, 4.69) is 76.8 Å². The van der Waals surface area contributed by atoms with Gasteiger partial charge in [0.2, 0.25) is 36.5 Å². The van der Waals surface area contributed by atoms with Crippen molar-refractivity contribution in [2.24, 2.45) is 15.0 Å². The van der Waals surface area contributed by atoms with Crippen molar-refractivity contribution in [1.82, 2.24) is 61.8 Å². The number of nitrogens with one attached hydrogen (secondary N) is 9. The zero-order valence-corrected chi connectivity index (χ0v) is 36.0. The lowest BCUT2D eigenvalue weighted by atomic mass is 10.4. The molecule has 0 aliphatic heterocycles. The van der Waals surface area contributed by atoms with Gasteiger partial charge in [0.05, 0.1) is 36.1 Å². The molecule has 3 rings (SSSR count). The van der Waals surface area contributed by atoms with Crippen LogP contribution >= 0.6 is 72.5 Å². The first kappa shape index (κ1) is 54.2. The van der Waals surface area contributed by atoms with Crippen molar-refractivity contribution in [1.29, 1.82) is 15.8 Å². The van der Waals surface area contributed by atoms with E-state index >= 15 is 0 Å². The molecule has 0 radical (unpaired) electrons. The number of aryl methyl sites for hydroxylation is 3. The average Bonchev–Trinajstić information content (AvgIpc) is 3.87. The molecule has 3 aromatic heterocycles. The maximum Gasteiger partial charge on any atom is 0.209 e.